The van der Waals surface area contributed by atoms with Crippen LogP contribution in [0.2, 0.25) is 0 Å². The number of nitrogens with zero attached hydrogens (tertiary/aromatic N) is 1. The van der Waals surface area contributed by atoms with Gasteiger partial charge in [0.15, 0.2) is 0 Å². The highest BCUT2D eigenvalue weighted by atomic mass is 16.7. The van der Waals surface area contributed by atoms with E-state index in [1.54, 1.807) is 0 Å². The van der Waals surface area contributed by atoms with Crippen molar-refractivity contribution < 1.29 is 15.1 Å². The quantitative estimate of drug-likeness (QED) is 0.774. The largest absolute Gasteiger partial charge is 0.492 e. The van der Waals surface area contributed by atoms with Gasteiger partial charge < -0.3 is 15.1 Å². The summed E-state index contributed by atoms with van der Waals surface area (Å²) < 4.78 is 1.02. The Labute approximate surface area is 122 Å². The number of aromatic nitrogens is 1. The Morgan fingerprint density at radius 2 is 1.10 bits per heavy atom. The summed E-state index contributed by atoms with van der Waals surface area (Å²) in [5, 5.41) is 20.8. The van der Waals surface area contributed by atoms with Crippen LogP contribution in [0, 0.1) is 0 Å². The molecule has 3 rings (SSSR count). The highest BCUT2D eigenvalue weighted by Crippen LogP contribution is 2.46. The van der Waals surface area contributed by atoms with E-state index in [1.807, 2.05) is 60.7 Å². The van der Waals surface area contributed by atoms with Crippen molar-refractivity contribution in [3.05, 3.63) is 60.7 Å². The second-order valence-electron chi connectivity index (χ2n) is 4.61. The van der Waals surface area contributed by atoms with Gasteiger partial charge in [0.25, 0.3) is 0 Å². The van der Waals surface area contributed by atoms with E-state index in [1.165, 1.54) is 7.11 Å². The molecule has 0 spiro atoms. The van der Waals surface area contributed by atoms with Crippen LogP contribution in [0.15, 0.2) is 60.7 Å². The van der Waals surface area contributed by atoms with Gasteiger partial charge >= 0.3 is 0 Å². The molecule has 21 heavy (non-hydrogen) atoms. The standard InChI is InChI=1S/C17H15NO3/c1-21-18-16(19)14(12-8-4-2-5-9-12)15(17(18)20)13-10-6-3-7-11-13/h2-11,19-20H,1H3. The fourth-order valence-corrected chi connectivity index (χ4v) is 2.46. The van der Waals surface area contributed by atoms with E-state index >= 15 is 0 Å². The SMILES string of the molecule is COn1c(O)c(-c2ccccc2)c(-c2ccccc2)c1O. The van der Waals surface area contributed by atoms with Crippen molar-refractivity contribution in [2.24, 2.45) is 0 Å². The molecular weight excluding hydrogens is 266 g/mol. The lowest BCUT2D eigenvalue weighted by Crippen LogP contribution is -2.03. The molecule has 4 heteroatoms. The van der Waals surface area contributed by atoms with Gasteiger partial charge in [-0.3, -0.25) is 0 Å². The van der Waals surface area contributed by atoms with Crippen LogP contribution < -0.4 is 4.84 Å². The summed E-state index contributed by atoms with van der Waals surface area (Å²) in [4.78, 5) is 5.06. The molecule has 106 valence electrons. The van der Waals surface area contributed by atoms with Crippen LogP contribution in [-0.4, -0.2) is 22.1 Å². The summed E-state index contributed by atoms with van der Waals surface area (Å²) in [6.45, 7) is 0. The first-order chi connectivity index (χ1) is 10.2. The van der Waals surface area contributed by atoms with E-state index in [9.17, 15) is 10.2 Å². The van der Waals surface area contributed by atoms with Crippen LogP contribution in [0.3, 0.4) is 0 Å². The molecule has 4 nitrogen and oxygen atoms in total. The Bertz CT molecular complexity index is 686. The smallest absolute Gasteiger partial charge is 0.237 e. The number of hydrogen-bond acceptors (Lipinski definition) is 3. The van der Waals surface area contributed by atoms with E-state index in [-0.39, 0.29) is 11.8 Å². The third kappa shape index (κ3) is 2.10. The Hall–Kier alpha value is -2.88. The first-order valence-corrected chi connectivity index (χ1v) is 6.56. The van der Waals surface area contributed by atoms with Crippen LogP contribution in [0.4, 0.5) is 0 Å². The molecule has 0 saturated heterocycles. The van der Waals surface area contributed by atoms with Crippen molar-refractivity contribution in [2.45, 2.75) is 0 Å². The van der Waals surface area contributed by atoms with Crippen molar-refractivity contribution in [1.82, 2.24) is 4.73 Å². The number of hydrogen-bond donors (Lipinski definition) is 2. The maximum atomic E-state index is 10.4. The minimum Gasteiger partial charge on any atom is -0.492 e. The van der Waals surface area contributed by atoms with Gasteiger partial charge in [0, 0.05) is 0 Å². The Morgan fingerprint density at radius 3 is 1.43 bits per heavy atom. The third-order valence-corrected chi connectivity index (χ3v) is 3.39. The van der Waals surface area contributed by atoms with Crippen molar-refractivity contribution in [1.29, 1.82) is 0 Å². The van der Waals surface area contributed by atoms with Crippen LogP contribution in [0.5, 0.6) is 11.8 Å². The summed E-state index contributed by atoms with van der Waals surface area (Å²) in [6.07, 6.45) is 0. The van der Waals surface area contributed by atoms with Crippen molar-refractivity contribution >= 4 is 0 Å². The third-order valence-electron chi connectivity index (χ3n) is 3.39. The minimum absolute atomic E-state index is 0.125. The van der Waals surface area contributed by atoms with E-state index in [0.29, 0.717) is 11.1 Å². The van der Waals surface area contributed by atoms with Gasteiger partial charge in [-0.15, -0.1) is 4.73 Å². The normalized spacial score (nSPS) is 10.5. The lowest BCUT2D eigenvalue weighted by atomic mass is 9.98. The first kappa shape index (κ1) is 13.1. The van der Waals surface area contributed by atoms with Crippen LogP contribution in [-0.2, 0) is 0 Å². The van der Waals surface area contributed by atoms with Crippen LogP contribution in [0.1, 0.15) is 0 Å². The first-order valence-electron chi connectivity index (χ1n) is 6.56. The second kappa shape index (κ2) is 5.25. The van der Waals surface area contributed by atoms with E-state index < -0.39 is 0 Å². The summed E-state index contributed by atoms with van der Waals surface area (Å²) in [7, 11) is 1.39. The summed E-state index contributed by atoms with van der Waals surface area (Å²) in [6, 6.07) is 18.8. The molecule has 0 saturated carbocycles. The predicted octanol–water partition coefficient (Wildman–Crippen LogP) is 3.29. The molecule has 0 bridgehead atoms. The second-order valence-corrected chi connectivity index (χ2v) is 4.61. The van der Waals surface area contributed by atoms with Gasteiger partial charge in [-0.05, 0) is 11.1 Å². The maximum absolute atomic E-state index is 10.4. The number of benzene rings is 2. The molecule has 0 radical (unpaired) electrons. The topological polar surface area (TPSA) is 54.6 Å². The van der Waals surface area contributed by atoms with Gasteiger partial charge in [-0.1, -0.05) is 60.7 Å². The molecule has 0 aliphatic carbocycles. The van der Waals surface area contributed by atoms with Gasteiger partial charge in [-0.2, -0.15) is 0 Å². The van der Waals surface area contributed by atoms with Gasteiger partial charge in [0.05, 0.1) is 11.1 Å². The monoisotopic (exact) mass is 281 g/mol. The number of aromatic hydroxyl groups is 2. The van der Waals surface area contributed by atoms with Gasteiger partial charge in [0.2, 0.25) is 11.8 Å². The molecule has 0 amide bonds. The van der Waals surface area contributed by atoms with E-state index in [4.69, 9.17) is 4.84 Å². The zero-order valence-corrected chi connectivity index (χ0v) is 11.5. The molecule has 2 N–H and O–H groups in total. The zero-order chi connectivity index (χ0) is 14.8. The van der Waals surface area contributed by atoms with Crippen molar-refractivity contribution in [2.75, 3.05) is 7.11 Å². The molecule has 2 aromatic carbocycles. The van der Waals surface area contributed by atoms with Crippen molar-refractivity contribution in [3.63, 3.8) is 0 Å². The molecule has 3 aromatic rings. The summed E-state index contributed by atoms with van der Waals surface area (Å²) >= 11 is 0. The van der Waals surface area contributed by atoms with Crippen LogP contribution in [0.25, 0.3) is 22.3 Å². The highest BCUT2D eigenvalue weighted by molar-refractivity contribution is 5.90. The fraction of sp³-hybridized carbons (Fsp3) is 0.0588. The lowest BCUT2D eigenvalue weighted by molar-refractivity contribution is 0.120. The van der Waals surface area contributed by atoms with Gasteiger partial charge in [0.1, 0.15) is 7.11 Å². The predicted molar refractivity (Wildman–Crippen MR) is 81.1 cm³/mol. The summed E-state index contributed by atoms with van der Waals surface area (Å²) in [5.41, 5.74) is 2.70. The molecular formula is C17H15NO3. The van der Waals surface area contributed by atoms with Crippen molar-refractivity contribution in [3.8, 4) is 34.0 Å². The summed E-state index contributed by atoms with van der Waals surface area (Å²) in [5.74, 6) is -0.250. The number of rotatable bonds is 3. The molecule has 0 aliphatic rings. The highest BCUT2D eigenvalue weighted by Gasteiger charge is 2.25. The average molecular weight is 281 g/mol. The molecule has 0 fully saturated rings. The Morgan fingerprint density at radius 1 is 0.714 bits per heavy atom. The molecule has 1 aromatic heterocycles. The molecule has 0 unspecified atom stereocenters. The minimum atomic E-state index is -0.125. The van der Waals surface area contributed by atoms with Gasteiger partial charge in [-0.25, -0.2) is 0 Å². The molecule has 0 aliphatic heterocycles. The zero-order valence-electron chi connectivity index (χ0n) is 11.5. The Kier molecular flexibility index (Phi) is 3.28. The fourth-order valence-electron chi connectivity index (χ4n) is 2.46. The molecule has 1 heterocycles. The maximum Gasteiger partial charge on any atom is 0.237 e. The van der Waals surface area contributed by atoms with E-state index in [0.717, 1.165) is 15.9 Å². The lowest BCUT2D eigenvalue weighted by Gasteiger charge is -2.04. The Balaban J connectivity index is 2.33. The van der Waals surface area contributed by atoms with Crippen LogP contribution >= 0.6 is 0 Å². The van der Waals surface area contributed by atoms with E-state index in [2.05, 4.69) is 0 Å². The average Bonchev–Trinajstić information content (AvgIpc) is 2.79. The molecule has 0 atom stereocenters.